The molecular weight excluding hydrogens is 353 g/mol. The third-order valence-electron chi connectivity index (χ3n) is 4.82. The standard InChI is InChI=1S/C18H20FN5OS/c1-24(18(12-20)9-5-2-6-10-18)15(25)11-26-17-21-16(22-23-17)13-7-3-4-8-14(13)19/h3-4,7-8H,2,5-6,9-11H2,1H3,(H,21,22,23). The van der Waals surface area contributed by atoms with E-state index < -0.39 is 5.54 Å². The number of aromatic amines is 1. The fourth-order valence-electron chi connectivity index (χ4n) is 3.21. The van der Waals surface area contributed by atoms with Crippen molar-refractivity contribution >= 4 is 17.7 Å². The highest BCUT2D eigenvalue weighted by Gasteiger charge is 2.38. The smallest absolute Gasteiger partial charge is 0.234 e. The van der Waals surface area contributed by atoms with Crippen LogP contribution in [0.5, 0.6) is 0 Å². The molecular formula is C18H20FN5OS. The number of thioether (sulfide) groups is 1. The van der Waals surface area contributed by atoms with Crippen LogP contribution in [0.2, 0.25) is 0 Å². The Bertz CT molecular complexity index is 825. The molecule has 1 aromatic heterocycles. The first kappa shape index (κ1) is 18.4. The summed E-state index contributed by atoms with van der Waals surface area (Å²) in [5.74, 6) is -0.0544. The molecule has 0 aliphatic heterocycles. The van der Waals surface area contributed by atoms with Crippen LogP contribution < -0.4 is 0 Å². The highest BCUT2D eigenvalue weighted by Crippen LogP contribution is 2.33. The summed E-state index contributed by atoms with van der Waals surface area (Å²) in [5, 5.41) is 16.7. The second-order valence-electron chi connectivity index (χ2n) is 6.39. The van der Waals surface area contributed by atoms with Crippen LogP contribution in [0.4, 0.5) is 4.39 Å². The molecule has 1 aliphatic rings. The second kappa shape index (κ2) is 7.87. The van der Waals surface area contributed by atoms with Crippen LogP contribution in [-0.2, 0) is 4.79 Å². The maximum absolute atomic E-state index is 13.8. The molecule has 1 heterocycles. The van der Waals surface area contributed by atoms with E-state index in [0.717, 1.165) is 19.3 Å². The van der Waals surface area contributed by atoms with Crippen molar-refractivity contribution in [3.8, 4) is 17.5 Å². The molecule has 1 aromatic carbocycles. The van der Waals surface area contributed by atoms with Crippen molar-refractivity contribution < 1.29 is 9.18 Å². The largest absolute Gasteiger partial charge is 0.326 e. The van der Waals surface area contributed by atoms with E-state index in [1.165, 1.54) is 17.8 Å². The Morgan fingerprint density at radius 2 is 2.12 bits per heavy atom. The predicted octanol–water partition coefficient (Wildman–Crippen LogP) is 3.39. The van der Waals surface area contributed by atoms with E-state index in [2.05, 4.69) is 21.3 Å². The lowest BCUT2D eigenvalue weighted by atomic mass is 9.81. The number of carbonyl (C=O) groups is 1. The van der Waals surface area contributed by atoms with Crippen molar-refractivity contribution in [3.63, 3.8) is 0 Å². The quantitative estimate of drug-likeness (QED) is 0.812. The van der Waals surface area contributed by atoms with Gasteiger partial charge in [-0.1, -0.05) is 43.2 Å². The van der Waals surface area contributed by atoms with Gasteiger partial charge < -0.3 is 4.90 Å². The van der Waals surface area contributed by atoms with E-state index in [1.807, 2.05) is 0 Å². The fraction of sp³-hybridized carbons (Fsp3) is 0.444. The van der Waals surface area contributed by atoms with Gasteiger partial charge in [-0.2, -0.15) is 5.26 Å². The minimum Gasteiger partial charge on any atom is -0.326 e. The zero-order valence-electron chi connectivity index (χ0n) is 14.5. The van der Waals surface area contributed by atoms with Gasteiger partial charge >= 0.3 is 0 Å². The Hall–Kier alpha value is -2.40. The van der Waals surface area contributed by atoms with Crippen LogP contribution in [0.3, 0.4) is 0 Å². The van der Waals surface area contributed by atoms with E-state index in [9.17, 15) is 14.4 Å². The minimum absolute atomic E-state index is 0.129. The molecule has 1 amide bonds. The van der Waals surface area contributed by atoms with Gasteiger partial charge in [-0.15, -0.1) is 5.10 Å². The van der Waals surface area contributed by atoms with Gasteiger partial charge in [0.15, 0.2) is 5.82 Å². The summed E-state index contributed by atoms with van der Waals surface area (Å²) in [6, 6.07) is 8.64. The molecule has 0 spiro atoms. The van der Waals surface area contributed by atoms with Gasteiger partial charge in [0.05, 0.1) is 17.4 Å². The van der Waals surface area contributed by atoms with E-state index in [0.29, 0.717) is 29.4 Å². The molecule has 26 heavy (non-hydrogen) atoms. The summed E-state index contributed by atoms with van der Waals surface area (Å²) in [4.78, 5) is 18.4. The number of nitrogens with zero attached hydrogens (tertiary/aromatic N) is 4. The minimum atomic E-state index is -0.701. The first-order chi connectivity index (χ1) is 12.6. The number of hydrogen-bond acceptors (Lipinski definition) is 5. The number of amides is 1. The van der Waals surface area contributed by atoms with Gasteiger partial charge in [0.25, 0.3) is 0 Å². The van der Waals surface area contributed by atoms with Crippen LogP contribution in [0, 0.1) is 17.1 Å². The molecule has 1 aliphatic carbocycles. The molecule has 1 fully saturated rings. The maximum Gasteiger partial charge on any atom is 0.234 e. The molecule has 136 valence electrons. The van der Waals surface area contributed by atoms with Gasteiger partial charge in [0.1, 0.15) is 11.4 Å². The monoisotopic (exact) mass is 373 g/mol. The van der Waals surface area contributed by atoms with Crippen LogP contribution in [0.1, 0.15) is 32.1 Å². The molecule has 1 saturated carbocycles. The van der Waals surface area contributed by atoms with Gasteiger partial charge in [-0.05, 0) is 25.0 Å². The normalized spacial score (nSPS) is 16.0. The van der Waals surface area contributed by atoms with E-state index in [-0.39, 0.29) is 17.5 Å². The molecule has 6 nitrogen and oxygen atoms in total. The lowest BCUT2D eigenvalue weighted by molar-refractivity contribution is -0.131. The number of H-pyrrole nitrogens is 1. The average Bonchev–Trinajstić information content (AvgIpc) is 3.15. The fourth-order valence-corrected chi connectivity index (χ4v) is 3.92. The second-order valence-corrected chi connectivity index (χ2v) is 7.33. The summed E-state index contributed by atoms with van der Waals surface area (Å²) in [6.07, 6.45) is 4.47. The lowest BCUT2D eigenvalue weighted by Crippen LogP contribution is -2.50. The molecule has 3 rings (SSSR count). The number of halogens is 1. The highest BCUT2D eigenvalue weighted by atomic mass is 32.2. The van der Waals surface area contributed by atoms with E-state index in [1.54, 1.807) is 30.1 Å². The molecule has 0 bridgehead atoms. The Morgan fingerprint density at radius 1 is 1.38 bits per heavy atom. The molecule has 1 N–H and O–H groups in total. The first-order valence-electron chi connectivity index (χ1n) is 8.54. The van der Waals surface area contributed by atoms with Crippen LogP contribution in [0.15, 0.2) is 29.4 Å². The summed E-state index contributed by atoms with van der Waals surface area (Å²) in [7, 11) is 1.69. The number of nitrogens with one attached hydrogen (secondary N) is 1. The van der Waals surface area contributed by atoms with Gasteiger partial charge in [0, 0.05) is 7.05 Å². The zero-order valence-corrected chi connectivity index (χ0v) is 15.4. The summed E-state index contributed by atoms with van der Waals surface area (Å²) in [5.41, 5.74) is -0.367. The maximum atomic E-state index is 13.8. The number of aromatic nitrogens is 3. The predicted molar refractivity (Wildman–Crippen MR) is 96.7 cm³/mol. The number of benzene rings is 1. The van der Waals surface area contributed by atoms with Crippen molar-refractivity contribution in [1.82, 2.24) is 20.1 Å². The molecule has 0 unspecified atom stereocenters. The van der Waals surface area contributed by atoms with Gasteiger partial charge in [-0.3, -0.25) is 9.89 Å². The van der Waals surface area contributed by atoms with Crippen molar-refractivity contribution in [2.24, 2.45) is 0 Å². The number of nitriles is 1. The summed E-state index contributed by atoms with van der Waals surface area (Å²) in [6.45, 7) is 0. The summed E-state index contributed by atoms with van der Waals surface area (Å²) < 4.78 is 13.8. The number of hydrogen-bond donors (Lipinski definition) is 1. The van der Waals surface area contributed by atoms with Crippen LogP contribution >= 0.6 is 11.8 Å². The van der Waals surface area contributed by atoms with Gasteiger partial charge in [-0.25, -0.2) is 9.37 Å². The molecule has 0 saturated heterocycles. The number of rotatable bonds is 5. The van der Waals surface area contributed by atoms with Crippen molar-refractivity contribution in [3.05, 3.63) is 30.1 Å². The average molecular weight is 373 g/mol. The Morgan fingerprint density at radius 3 is 2.81 bits per heavy atom. The first-order valence-corrected chi connectivity index (χ1v) is 9.52. The summed E-state index contributed by atoms with van der Waals surface area (Å²) >= 11 is 1.17. The lowest BCUT2D eigenvalue weighted by Gasteiger charge is -2.38. The van der Waals surface area contributed by atoms with Gasteiger partial charge in [0.2, 0.25) is 11.1 Å². The van der Waals surface area contributed by atoms with Crippen molar-refractivity contribution in [2.45, 2.75) is 42.8 Å². The Labute approximate surface area is 155 Å². The van der Waals surface area contributed by atoms with Crippen molar-refractivity contribution in [2.75, 3.05) is 12.8 Å². The van der Waals surface area contributed by atoms with Crippen molar-refractivity contribution in [1.29, 1.82) is 5.26 Å². The zero-order chi connectivity index (χ0) is 18.6. The SMILES string of the molecule is CN(C(=O)CSc1n[nH]c(-c2ccccc2F)n1)C1(C#N)CCCCC1. The number of carbonyl (C=O) groups excluding carboxylic acids is 1. The van der Waals surface area contributed by atoms with E-state index in [4.69, 9.17) is 0 Å². The van der Waals surface area contributed by atoms with E-state index >= 15 is 0 Å². The molecule has 0 atom stereocenters. The third kappa shape index (κ3) is 3.73. The molecule has 8 heteroatoms. The topological polar surface area (TPSA) is 85.7 Å². The molecule has 0 radical (unpaired) electrons. The molecule has 2 aromatic rings. The van der Waals surface area contributed by atoms with Crippen LogP contribution in [-0.4, -0.2) is 44.3 Å². The highest BCUT2D eigenvalue weighted by molar-refractivity contribution is 7.99. The Kier molecular flexibility index (Phi) is 5.57. The third-order valence-corrected chi connectivity index (χ3v) is 5.66. The Balaban J connectivity index is 1.63. The van der Waals surface area contributed by atoms with Crippen LogP contribution in [0.25, 0.3) is 11.4 Å².